The van der Waals surface area contributed by atoms with Crippen molar-refractivity contribution in [1.29, 1.82) is 0 Å². The number of anilines is 1. The minimum Gasteiger partial charge on any atom is -0.456 e. The van der Waals surface area contributed by atoms with Crippen molar-refractivity contribution in [3.8, 4) is 0 Å². The van der Waals surface area contributed by atoms with E-state index in [1.165, 1.54) is 12.1 Å². The van der Waals surface area contributed by atoms with E-state index in [4.69, 9.17) is 4.42 Å². The van der Waals surface area contributed by atoms with Gasteiger partial charge in [0.1, 0.15) is 5.76 Å². The van der Waals surface area contributed by atoms with Crippen LogP contribution in [0.5, 0.6) is 0 Å². The number of rotatable bonds is 5. The minimum atomic E-state index is -0.463. The molecule has 1 aromatic heterocycles. The topological polar surface area (TPSA) is 93.7 Å². The number of carbonyl (C=O) groups excluding carboxylic acids is 2. The zero-order chi connectivity index (χ0) is 20.5. The number of amides is 1. The molecule has 7 nitrogen and oxygen atoms in total. The third kappa shape index (κ3) is 3.45. The van der Waals surface area contributed by atoms with Gasteiger partial charge in [-0.3, -0.25) is 19.7 Å². The van der Waals surface area contributed by atoms with Crippen LogP contribution in [0.4, 0.5) is 11.4 Å². The van der Waals surface area contributed by atoms with Gasteiger partial charge in [0.25, 0.3) is 11.6 Å². The van der Waals surface area contributed by atoms with Gasteiger partial charge in [0.15, 0.2) is 12.0 Å². The molecule has 3 aromatic rings. The Labute approximate surface area is 166 Å². The third-order valence-corrected chi connectivity index (χ3v) is 4.74. The number of hydrogen-bond acceptors (Lipinski definition) is 5. The summed E-state index contributed by atoms with van der Waals surface area (Å²) in [5, 5.41) is 10.8. The van der Waals surface area contributed by atoms with Gasteiger partial charge in [-0.25, -0.2) is 0 Å². The van der Waals surface area contributed by atoms with Crippen LogP contribution in [0.2, 0.25) is 0 Å². The fourth-order valence-corrected chi connectivity index (χ4v) is 3.33. The summed E-state index contributed by atoms with van der Waals surface area (Å²) in [5.74, 6) is 0.508. The predicted molar refractivity (Wildman–Crippen MR) is 107 cm³/mol. The molecule has 0 atom stereocenters. The van der Waals surface area contributed by atoms with Gasteiger partial charge in [0.05, 0.1) is 17.2 Å². The van der Waals surface area contributed by atoms with Gasteiger partial charge in [0.2, 0.25) is 0 Å². The van der Waals surface area contributed by atoms with E-state index < -0.39 is 4.92 Å². The Hall–Kier alpha value is -4.00. The average molecular weight is 388 g/mol. The molecule has 0 saturated heterocycles. The molecule has 1 amide bonds. The Balaban J connectivity index is 1.73. The number of carbonyl (C=O) groups is 2. The standard InChI is InChI=1S/C22H16N2O5/c1-14-2-9-21-19(10-14)20(11-15-3-5-16(6-4-15)24(27)28)22(26)23(21)12-17-7-8-18(13-25)29-17/h2-11,13H,12H2,1H3/b20-11+. The van der Waals surface area contributed by atoms with Gasteiger partial charge in [0, 0.05) is 23.3 Å². The summed E-state index contributed by atoms with van der Waals surface area (Å²) in [7, 11) is 0. The number of nitrogens with zero attached hydrogens (tertiary/aromatic N) is 2. The summed E-state index contributed by atoms with van der Waals surface area (Å²) in [4.78, 5) is 36.0. The van der Waals surface area contributed by atoms with Crippen molar-refractivity contribution in [2.24, 2.45) is 0 Å². The van der Waals surface area contributed by atoms with Crippen LogP contribution in [0.15, 0.2) is 59.0 Å². The second kappa shape index (κ2) is 7.20. The second-order valence-corrected chi connectivity index (χ2v) is 6.74. The quantitative estimate of drug-likeness (QED) is 0.280. The van der Waals surface area contributed by atoms with E-state index in [0.29, 0.717) is 23.2 Å². The largest absolute Gasteiger partial charge is 0.456 e. The second-order valence-electron chi connectivity index (χ2n) is 6.74. The van der Waals surface area contributed by atoms with Crippen LogP contribution in [0.25, 0.3) is 11.6 Å². The van der Waals surface area contributed by atoms with E-state index in [9.17, 15) is 19.7 Å². The molecular weight excluding hydrogens is 372 g/mol. The van der Waals surface area contributed by atoms with E-state index in [2.05, 4.69) is 0 Å². The fraction of sp³-hybridized carbons (Fsp3) is 0.0909. The summed E-state index contributed by atoms with van der Waals surface area (Å²) >= 11 is 0. The molecule has 4 rings (SSSR count). The van der Waals surface area contributed by atoms with Crippen LogP contribution in [0, 0.1) is 17.0 Å². The molecule has 144 valence electrons. The van der Waals surface area contributed by atoms with Crippen molar-refractivity contribution < 1.29 is 18.9 Å². The van der Waals surface area contributed by atoms with Crippen molar-refractivity contribution in [3.05, 3.63) is 92.9 Å². The highest BCUT2D eigenvalue weighted by molar-refractivity contribution is 6.35. The zero-order valence-corrected chi connectivity index (χ0v) is 15.5. The normalized spacial score (nSPS) is 14.3. The number of aldehydes is 1. The lowest BCUT2D eigenvalue weighted by atomic mass is 10.0. The maximum atomic E-state index is 13.2. The number of nitro benzene ring substituents is 1. The van der Waals surface area contributed by atoms with Crippen LogP contribution in [-0.4, -0.2) is 17.1 Å². The lowest BCUT2D eigenvalue weighted by Crippen LogP contribution is -2.25. The first-order valence-corrected chi connectivity index (χ1v) is 8.89. The van der Waals surface area contributed by atoms with Crippen LogP contribution in [0.3, 0.4) is 0 Å². The maximum Gasteiger partial charge on any atom is 0.269 e. The van der Waals surface area contributed by atoms with Crippen LogP contribution in [0.1, 0.15) is 33.0 Å². The highest BCUT2D eigenvalue weighted by Crippen LogP contribution is 2.39. The number of aryl methyl sites for hydroxylation is 1. The van der Waals surface area contributed by atoms with Gasteiger partial charge in [-0.1, -0.05) is 11.6 Å². The number of non-ortho nitro benzene ring substituents is 1. The first kappa shape index (κ1) is 18.4. The van der Waals surface area contributed by atoms with Crippen molar-refractivity contribution in [1.82, 2.24) is 0 Å². The molecular formula is C22H16N2O5. The Morgan fingerprint density at radius 3 is 2.52 bits per heavy atom. The van der Waals surface area contributed by atoms with E-state index in [1.807, 2.05) is 25.1 Å². The lowest BCUT2D eigenvalue weighted by Gasteiger charge is -2.15. The van der Waals surface area contributed by atoms with E-state index in [1.54, 1.807) is 35.2 Å². The maximum absolute atomic E-state index is 13.2. The fourth-order valence-electron chi connectivity index (χ4n) is 3.33. The van der Waals surface area contributed by atoms with Crippen molar-refractivity contribution in [3.63, 3.8) is 0 Å². The van der Waals surface area contributed by atoms with Crippen molar-refractivity contribution in [2.45, 2.75) is 13.5 Å². The monoisotopic (exact) mass is 388 g/mol. The Morgan fingerprint density at radius 2 is 1.86 bits per heavy atom. The predicted octanol–water partition coefficient (Wildman–Crippen LogP) is 4.40. The van der Waals surface area contributed by atoms with Crippen molar-refractivity contribution in [2.75, 3.05) is 4.90 Å². The molecule has 29 heavy (non-hydrogen) atoms. The van der Waals surface area contributed by atoms with E-state index in [-0.39, 0.29) is 23.9 Å². The lowest BCUT2D eigenvalue weighted by molar-refractivity contribution is -0.384. The molecule has 1 aliphatic rings. The van der Waals surface area contributed by atoms with Gasteiger partial charge in [-0.05, 0) is 55.0 Å². The number of nitro groups is 1. The third-order valence-electron chi connectivity index (χ3n) is 4.74. The SMILES string of the molecule is Cc1ccc2c(c1)/C(=C\c1ccc([N+](=O)[O-])cc1)C(=O)N2Cc1ccc(C=O)o1. The van der Waals surface area contributed by atoms with Crippen LogP contribution in [-0.2, 0) is 11.3 Å². The average Bonchev–Trinajstić information content (AvgIpc) is 3.27. The smallest absolute Gasteiger partial charge is 0.269 e. The molecule has 0 fully saturated rings. The van der Waals surface area contributed by atoms with Crippen LogP contribution >= 0.6 is 0 Å². The Kier molecular flexibility index (Phi) is 4.56. The molecule has 0 N–H and O–H groups in total. The van der Waals surface area contributed by atoms with E-state index >= 15 is 0 Å². The number of furan rings is 1. The highest BCUT2D eigenvalue weighted by atomic mass is 16.6. The summed E-state index contributed by atoms with van der Waals surface area (Å²) in [6.07, 6.45) is 2.34. The molecule has 1 aliphatic heterocycles. The first-order valence-electron chi connectivity index (χ1n) is 8.89. The highest BCUT2D eigenvalue weighted by Gasteiger charge is 2.33. The minimum absolute atomic E-state index is 0.00780. The summed E-state index contributed by atoms with van der Waals surface area (Å²) < 4.78 is 5.43. The molecule has 0 bridgehead atoms. The summed E-state index contributed by atoms with van der Waals surface area (Å²) in [5.41, 5.74) is 3.73. The molecule has 0 radical (unpaired) electrons. The molecule has 0 spiro atoms. The number of fused-ring (bicyclic) bond motifs is 1. The van der Waals surface area contributed by atoms with Gasteiger partial charge >= 0.3 is 0 Å². The van der Waals surface area contributed by atoms with Gasteiger partial charge in [-0.2, -0.15) is 0 Å². The first-order chi connectivity index (χ1) is 14.0. The molecule has 2 aromatic carbocycles. The van der Waals surface area contributed by atoms with Gasteiger partial charge in [-0.15, -0.1) is 0 Å². The number of benzene rings is 2. The molecule has 2 heterocycles. The summed E-state index contributed by atoms with van der Waals surface area (Å²) in [6, 6.07) is 15.0. The molecule has 7 heteroatoms. The van der Waals surface area contributed by atoms with Crippen molar-refractivity contribution >= 4 is 35.2 Å². The van der Waals surface area contributed by atoms with E-state index in [0.717, 1.165) is 16.8 Å². The molecule has 0 unspecified atom stereocenters. The number of hydrogen-bond donors (Lipinski definition) is 0. The zero-order valence-electron chi connectivity index (χ0n) is 15.5. The Bertz CT molecular complexity index is 1160. The van der Waals surface area contributed by atoms with Crippen LogP contribution < -0.4 is 4.90 Å². The van der Waals surface area contributed by atoms with Gasteiger partial charge < -0.3 is 9.32 Å². The Morgan fingerprint density at radius 1 is 1.10 bits per heavy atom. The molecule has 0 saturated carbocycles. The molecule has 0 aliphatic carbocycles. The summed E-state index contributed by atoms with van der Waals surface area (Å²) in [6.45, 7) is 2.14.